The highest BCUT2D eigenvalue weighted by atomic mass is 16.8. The molecule has 2 fully saturated rings. The molecule has 0 radical (unpaired) electrons. The lowest BCUT2D eigenvalue weighted by molar-refractivity contribution is -0.332. The van der Waals surface area contributed by atoms with E-state index >= 15 is 0 Å². The predicted molar refractivity (Wildman–Crippen MR) is 275 cm³/mol. The van der Waals surface area contributed by atoms with Crippen LogP contribution in [0.5, 0.6) is 0 Å². The molecule has 2 saturated heterocycles. The molecule has 7 aromatic carbocycles. The molecule has 17 nitrogen and oxygen atoms in total. The van der Waals surface area contributed by atoms with E-state index in [9.17, 15) is 33.6 Å². The highest BCUT2D eigenvalue weighted by molar-refractivity contribution is 5.93. The minimum Gasteiger partial charge on any atom is -0.459 e. The molecule has 9 unspecified atom stereocenters. The highest BCUT2D eigenvalue weighted by Crippen LogP contribution is 2.36. The van der Waals surface area contributed by atoms with Crippen LogP contribution in [0.1, 0.15) is 72.5 Å². The van der Waals surface area contributed by atoms with Gasteiger partial charge in [0.25, 0.3) is 0 Å². The monoisotopic (exact) mass is 1050 g/mol. The molecule has 78 heavy (non-hydrogen) atoms. The lowest BCUT2D eigenvalue weighted by atomic mass is 9.96. The Morgan fingerprint density at radius 1 is 0.321 bits per heavy atom. The Balaban J connectivity index is 1.17. The van der Waals surface area contributed by atoms with Gasteiger partial charge in [0.2, 0.25) is 0 Å². The minimum atomic E-state index is -1.98. The molecule has 7 aromatic rings. The molecule has 0 spiro atoms. The van der Waals surface area contributed by atoms with Gasteiger partial charge >= 0.3 is 41.8 Å². The number of hydrogen-bond acceptors (Lipinski definition) is 17. The normalized spacial score (nSPS) is 21.6. The summed E-state index contributed by atoms with van der Waals surface area (Å²) >= 11 is 0. The molecule has 17 heteroatoms. The van der Waals surface area contributed by atoms with Crippen molar-refractivity contribution in [2.45, 2.75) is 55.1 Å². The number of esters is 7. The van der Waals surface area contributed by atoms with Gasteiger partial charge in [-0.1, -0.05) is 127 Å². The smallest absolute Gasteiger partial charge is 0.338 e. The van der Waals surface area contributed by atoms with Crippen molar-refractivity contribution in [3.05, 3.63) is 251 Å². The SMILES string of the molecule is O=C(OCC1OCC(OC(=O)c2ccccc2)C(OC2OC(COC(=O)c3ccccc3)C(OC(=O)c3ccccc3)C(OC(=O)c3ccccc3)C2OC(=O)c2ccccc2)C1OC(=O)c1ccccc1)c1ccccc1. The van der Waals surface area contributed by atoms with Crippen molar-refractivity contribution in [2.75, 3.05) is 19.8 Å². The van der Waals surface area contributed by atoms with Gasteiger partial charge in [0, 0.05) is 0 Å². The second-order valence-electron chi connectivity index (χ2n) is 17.7. The number of carbonyl (C=O) groups excluding carboxylic acids is 7. The maximum Gasteiger partial charge on any atom is 0.338 e. The van der Waals surface area contributed by atoms with E-state index in [-0.39, 0.29) is 38.9 Å². The van der Waals surface area contributed by atoms with Gasteiger partial charge in [-0.2, -0.15) is 0 Å². The summed E-state index contributed by atoms with van der Waals surface area (Å²) in [6.45, 7) is -1.73. The fraction of sp³-hybridized carbons (Fsp3) is 0.197. The highest BCUT2D eigenvalue weighted by Gasteiger charge is 2.57. The zero-order valence-corrected chi connectivity index (χ0v) is 41.5. The first-order valence-electron chi connectivity index (χ1n) is 24.8. The van der Waals surface area contributed by atoms with E-state index < -0.39 is 117 Å². The van der Waals surface area contributed by atoms with Gasteiger partial charge in [-0.05, 0) is 84.9 Å². The first-order chi connectivity index (χ1) is 38.1. The van der Waals surface area contributed by atoms with E-state index in [4.69, 9.17) is 47.4 Å². The van der Waals surface area contributed by atoms with Crippen molar-refractivity contribution >= 4 is 41.8 Å². The van der Waals surface area contributed by atoms with Gasteiger partial charge in [-0.25, -0.2) is 33.6 Å². The van der Waals surface area contributed by atoms with Crippen molar-refractivity contribution in [3.63, 3.8) is 0 Å². The zero-order valence-electron chi connectivity index (χ0n) is 41.5. The van der Waals surface area contributed by atoms with E-state index in [0.717, 1.165) is 0 Å². The molecule has 0 aliphatic carbocycles. The summed E-state index contributed by atoms with van der Waals surface area (Å²) < 4.78 is 62.7. The average Bonchev–Trinajstić information content (AvgIpc) is 3.50. The lowest BCUT2D eigenvalue weighted by Crippen LogP contribution is -2.66. The van der Waals surface area contributed by atoms with E-state index in [1.54, 1.807) is 127 Å². The Kier molecular flexibility index (Phi) is 17.8. The van der Waals surface area contributed by atoms with Crippen LogP contribution in [-0.4, -0.2) is 117 Å². The van der Waals surface area contributed by atoms with Gasteiger partial charge in [-0.3, -0.25) is 0 Å². The molecule has 0 amide bonds. The second kappa shape index (κ2) is 26.0. The minimum absolute atomic E-state index is 0.0248. The van der Waals surface area contributed by atoms with Crippen LogP contribution >= 0.6 is 0 Å². The fourth-order valence-corrected chi connectivity index (χ4v) is 8.54. The molecule has 0 bridgehead atoms. The van der Waals surface area contributed by atoms with Crippen LogP contribution in [-0.2, 0) is 47.4 Å². The van der Waals surface area contributed by atoms with Crippen LogP contribution in [0.4, 0.5) is 0 Å². The topological polar surface area (TPSA) is 212 Å². The first-order valence-corrected chi connectivity index (χ1v) is 24.8. The van der Waals surface area contributed by atoms with Crippen LogP contribution in [0.2, 0.25) is 0 Å². The second-order valence-corrected chi connectivity index (χ2v) is 17.7. The van der Waals surface area contributed by atoms with Gasteiger partial charge < -0.3 is 47.4 Å². The Labute approximate surface area is 447 Å². The third kappa shape index (κ3) is 13.6. The molecule has 396 valence electrons. The van der Waals surface area contributed by atoms with Gasteiger partial charge in [0.1, 0.15) is 31.5 Å². The Hall–Kier alpha value is -9.29. The van der Waals surface area contributed by atoms with Crippen LogP contribution in [0, 0.1) is 0 Å². The number of rotatable bonds is 18. The molecule has 2 heterocycles. The van der Waals surface area contributed by atoms with Crippen molar-refractivity contribution in [1.82, 2.24) is 0 Å². The predicted octanol–water partition coefficient (Wildman–Crippen LogP) is 8.34. The van der Waals surface area contributed by atoms with Crippen LogP contribution in [0.3, 0.4) is 0 Å². The van der Waals surface area contributed by atoms with E-state index in [0.29, 0.717) is 0 Å². The van der Waals surface area contributed by atoms with Crippen LogP contribution < -0.4 is 0 Å². The fourth-order valence-electron chi connectivity index (χ4n) is 8.54. The zero-order chi connectivity index (χ0) is 54.2. The molecule has 9 atom stereocenters. The molecule has 2 aliphatic rings. The maximum absolute atomic E-state index is 14.4. The number of ether oxygens (including phenoxy) is 10. The Bertz CT molecular complexity index is 3130. The summed E-state index contributed by atoms with van der Waals surface area (Å²) in [7, 11) is 0. The molecular weight excluding hydrogens is 1000 g/mol. The third-order valence-corrected chi connectivity index (χ3v) is 12.5. The number of hydrogen-bond donors (Lipinski definition) is 0. The first kappa shape index (κ1) is 53.5. The van der Waals surface area contributed by atoms with Crippen molar-refractivity contribution in [1.29, 1.82) is 0 Å². The van der Waals surface area contributed by atoms with E-state index in [1.807, 2.05) is 0 Å². The molecule has 0 aromatic heterocycles. The van der Waals surface area contributed by atoms with Crippen molar-refractivity contribution in [2.24, 2.45) is 0 Å². The third-order valence-electron chi connectivity index (χ3n) is 12.5. The molecule has 9 rings (SSSR count). The van der Waals surface area contributed by atoms with Crippen molar-refractivity contribution < 1.29 is 80.9 Å². The number of carbonyl (C=O) groups is 7. The summed E-state index contributed by atoms with van der Waals surface area (Å²) in [4.78, 5) is 98.5. The Morgan fingerprint density at radius 2 is 0.603 bits per heavy atom. The standard InChI is InChI=1S/C61H50O17/c62-54(39-22-8-1-9-23-39)70-36-46-49(74-57(65)42-28-14-4-15-29-42)50(47(37-69-46)72-56(64)41-26-12-3-13-27-41)78-61-53(77-60(68)45-34-20-7-21-35-45)52(76-59(67)44-32-18-6-19-33-44)51(75-58(66)43-30-16-5-17-31-43)48(73-61)38-71-55(63)40-24-10-2-11-25-40/h1-35,46-53,61H,36-38H2. The maximum atomic E-state index is 14.4. The van der Waals surface area contributed by atoms with Gasteiger partial charge in [0.05, 0.1) is 45.6 Å². The summed E-state index contributed by atoms with van der Waals surface area (Å²) in [6.07, 6.45) is -15.4. The van der Waals surface area contributed by atoms with Crippen LogP contribution in [0.15, 0.2) is 212 Å². The van der Waals surface area contributed by atoms with Gasteiger partial charge in [0.15, 0.2) is 36.8 Å². The molecule has 2 aliphatic heterocycles. The molecular formula is C61H50O17. The molecule has 0 N–H and O–H groups in total. The molecule has 0 saturated carbocycles. The van der Waals surface area contributed by atoms with E-state index in [2.05, 4.69) is 0 Å². The quantitative estimate of drug-likeness (QED) is 0.0584. The summed E-state index contributed by atoms with van der Waals surface area (Å²) in [5.74, 6) is -6.23. The summed E-state index contributed by atoms with van der Waals surface area (Å²) in [5.41, 5.74) is 0.671. The van der Waals surface area contributed by atoms with E-state index in [1.165, 1.54) is 84.9 Å². The number of benzene rings is 7. The largest absolute Gasteiger partial charge is 0.459 e. The van der Waals surface area contributed by atoms with Crippen molar-refractivity contribution in [3.8, 4) is 0 Å². The Morgan fingerprint density at radius 3 is 0.962 bits per heavy atom. The van der Waals surface area contributed by atoms with Gasteiger partial charge in [-0.15, -0.1) is 0 Å². The summed E-state index contributed by atoms with van der Waals surface area (Å²) in [5, 5.41) is 0. The van der Waals surface area contributed by atoms with Crippen LogP contribution in [0.25, 0.3) is 0 Å². The summed E-state index contributed by atoms with van der Waals surface area (Å²) in [6, 6.07) is 55.3. The average molecular weight is 1060 g/mol. The lowest BCUT2D eigenvalue weighted by Gasteiger charge is -2.47.